The Labute approximate surface area is 210 Å². The van der Waals surface area contributed by atoms with Crippen molar-refractivity contribution in [2.24, 2.45) is 5.92 Å². The van der Waals surface area contributed by atoms with Gasteiger partial charge in [-0.1, -0.05) is 6.07 Å². The van der Waals surface area contributed by atoms with E-state index in [-0.39, 0.29) is 24.1 Å². The lowest BCUT2D eigenvalue weighted by Crippen LogP contribution is -2.74. The van der Waals surface area contributed by atoms with E-state index in [9.17, 15) is 15.0 Å². The van der Waals surface area contributed by atoms with Crippen molar-refractivity contribution in [3.8, 4) is 17.2 Å². The summed E-state index contributed by atoms with van der Waals surface area (Å²) in [4.78, 5) is 22.3. The Morgan fingerprint density at radius 2 is 2.11 bits per heavy atom. The molecular formula is C28H33N3O5. The lowest BCUT2D eigenvalue weighted by molar-refractivity contribution is -0.162. The number of carbonyl (C=O) groups is 1. The van der Waals surface area contributed by atoms with Crippen molar-refractivity contribution in [1.29, 1.82) is 0 Å². The van der Waals surface area contributed by atoms with E-state index in [2.05, 4.69) is 9.88 Å². The van der Waals surface area contributed by atoms with Crippen LogP contribution in [0.5, 0.6) is 17.2 Å². The maximum absolute atomic E-state index is 13.6. The van der Waals surface area contributed by atoms with E-state index in [0.29, 0.717) is 36.7 Å². The largest absolute Gasteiger partial charge is 0.504 e. The highest BCUT2D eigenvalue weighted by molar-refractivity contribution is 5.79. The molecular weight excluding hydrogens is 458 g/mol. The van der Waals surface area contributed by atoms with Crippen LogP contribution in [0.2, 0.25) is 0 Å². The molecule has 36 heavy (non-hydrogen) atoms. The second-order valence-electron chi connectivity index (χ2n) is 11.3. The molecule has 4 heterocycles. The van der Waals surface area contributed by atoms with Crippen LogP contribution in [0.3, 0.4) is 0 Å². The van der Waals surface area contributed by atoms with Gasteiger partial charge >= 0.3 is 0 Å². The summed E-state index contributed by atoms with van der Waals surface area (Å²) in [5, 5.41) is 23.4. The minimum absolute atomic E-state index is 0.0214. The number of benzene rings is 1. The maximum Gasteiger partial charge on any atom is 0.228 e. The van der Waals surface area contributed by atoms with Crippen molar-refractivity contribution >= 4 is 5.91 Å². The molecule has 3 aliphatic heterocycles. The number of aromatic nitrogens is 1. The summed E-state index contributed by atoms with van der Waals surface area (Å²) in [6.45, 7) is 2.76. The molecule has 1 spiro atoms. The number of nitrogens with zero attached hydrogens (tertiary/aromatic N) is 3. The number of phenolic OH excluding ortho intramolecular Hbond substituents is 1. The first-order valence-corrected chi connectivity index (χ1v) is 13.2. The predicted molar refractivity (Wildman–Crippen MR) is 131 cm³/mol. The highest BCUT2D eigenvalue weighted by Gasteiger charge is 2.71. The van der Waals surface area contributed by atoms with E-state index in [1.807, 2.05) is 17.0 Å². The molecule has 8 heteroatoms. The third-order valence-electron chi connectivity index (χ3n) is 9.53. The van der Waals surface area contributed by atoms with Crippen LogP contribution < -0.4 is 9.47 Å². The van der Waals surface area contributed by atoms with Gasteiger partial charge in [0.2, 0.25) is 5.91 Å². The van der Waals surface area contributed by atoms with Crippen LogP contribution in [0, 0.1) is 5.92 Å². The Balaban J connectivity index is 1.27. The quantitative estimate of drug-likeness (QED) is 0.661. The SMILES string of the molecule is COc1cccnc1CC(=O)N1CC[C@@]2(O)[C@H]3Cc4ccc(O)c5c4[C@@]2(CCN3CC2CC2)[C@H](C1)O5. The van der Waals surface area contributed by atoms with Gasteiger partial charge in [-0.2, -0.15) is 0 Å². The lowest BCUT2D eigenvalue weighted by Gasteiger charge is -2.60. The van der Waals surface area contributed by atoms with Gasteiger partial charge in [-0.05, 0) is 68.3 Å². The Hall–Kier alpha value is -2.84. The van der Waals surface area contributed by atoms with E-state index >= 15 is 0 Å². The van der Waals surface area contributed by atoms with Crippen LogP contribution in [0.1, 0.15) is 42.5 Å². The highest BCUT2D eigenvalue weighted by Crippen LogP contribution is 2.63. The molecule has 0 radical (unpaired) electrons. The molecule has 2 bridgehead atoms. The first kappa shape index (κ1) is 22.4. The molecule has 2 aliphatic carbocycles. The second kappa shape index (κ2) is 7.83. The molecule has 7 rings (SSSR count). The molecule has 1 saturated carbocycles. The van der Waals surface area contributed by atoms with Crippen molar-refractivity contribution in [2.45, 2.75) is 61.7 Å². The van der Waals surface area contributed by atoms with Crippen LogP contribution >= 0.6 is 0 Å². The molecule has 2 saturated heterocycles. The predicted octanol–water partition coefficient (Wildman–Crippen LogP) is 2.04. The Morgan fingerprint density at radius 3 is 2.92 bits per heavy atom. The average Bonchev–Trinajstić information content (AvgIpc) is 3.64. The van der Waals surface area contributed by atoms with Crippen molar-refractivity contribution in [2.75, 3.05) is 33.3 Å². The number of pyridine rings is 1. The fourth-order valence-corrected chi connectivity index (χ4v) is 7.63. The maximum atomic E-state index is 13.6. The average molecular weight is 492 g/mol. The van der Waals surface area contributed by atoms with Crippen LogP contribution in [0.15, 0.2) is 30.5 Å². The number of aliphatic hydroxyl groups is 1. The number of ether oxygens (including phenoxy) is 2. The van der Waals surface area contributed by atoms with Crippen molar-refractivity contribution < 1.29 is 24.5 Å². The van der Waals surface area contributed by atoms with E-state index < -0.39 is 17.1 Å². The second-order valence-corrected chi connectivity index (χ2v) is 11.3. The monoisotopic (exact) mass is 491 g/mol. The number of piperidine rings is 1. The number of amides is 1. The van der Waals surface area contributed by atoms with Gasteiger partial charge < -0.3 is 24.6 Å². The molecule has 3 fully saturated rings. The first-order valence-electron chi connectivity index (χ1n) is 13.2. The number of hydrogen-bond acceptors (Lipinski definition) is 7. The van der Waals surface area contributed by atoms with Crippen molar-refractivity contribution in [3.63, 3.8) is 0 Å². The number of aromatic hydroxyl groups is 1. The van der Waals surface area contributed by atoms with Gasteiger partial charge in [-0.25, -0.2) is 0 Å². The fraction of sp³-hybridized carbons (Fsp3) is 0.571. The zero-order valence-electron chi connectivity index (χ0n) is 20.7. The molecule has 4 atom stereocenters. The summed E-state index contributed by atoms with van der Waals surface area (Å²) in [5.41, 5.74) is 1.09. The van der Waals surface area contributed by atoms with Gasteiger partial charge in [0.05, 0.1) is 36.8 Å². The molecule has 1 aromatic heterocycles. The number of hydrogen-bond donors (Lipinski definition) is 2. The number of phenols is 1. The number of likely N-dealkylation sites (tertiary alicyclic amines) is 2. The van der Waals surface area contributed by atoms with Crippen molar-refractivity contribution in [1.82, 2.24) is 14.8 Å². The lowest BCUT2D eigenvalue weighted by atomic mass is 9.52. The third kappa shape index (κ3) is 3.00. The minimum Gasteiger partial charge on any atom is -0.504 e. The summed E-state index contributed by atoms with van der Waals surface area (Å²) >= 11 is 0. The molecule has 1 amide bonds. The minimum atomic E-state index is -1.03. The van der Waals surface area contributed by atoms with Gasteiger partial charge in [-0.15, -0.1) is 0 Å². The Morgan fingerprint density at radius 1 is 1.25 bits per heavy atom. The van der Waals surface area contributed by atoms with E-state index in [1.165, 1.54) is 18.4 Å². The summed E-state index contributed by atoms with van der Waals surface area (Å²) in [6, 6.07) is 7.31. The van der Waals surface area contributed by atoms with Crippen LogP contribution in [0.4, 0.5) is 0 Å². The van der Waals surface area contributed by atoms with Gasteiger partial charge in [0, 0.05) is 30.9 Å². The topological polar surface area (TPSA) is 95.4 Å². The van der Waals surface area contributed by atoms with E-state index in [4.69, 9.17) is 9.47 Å². The molecule has 2 aromatic rings. The molecule has 0 unspecified atom stereocenters. The zero-order valence-corrected chi connectivity index (χ0v) is 20.7. The summed E-state index contributed by atoms with van der Waals surface area (Å²) in [7, 11) is 1.58. The molecule has 2 N–H and O–H groups in total. The van der Waals surface area contributed by atoms with Crippen LogP contribution in [-0.4, -0.2) is 81.9 Å². The van der Waals surface area contributed by atoms with Crippen LogP contribution in [-0.2, 0) is 23.1 Å². The normalized spacial score (nSPS) is 32.4. The van der Waals surface area contributed by atoms with Gasteiger partial charge in [0.15, 0.2) is 11.5 Å². The van der Waals surface area contributed by atoms with Gasteiger partial charge in [0.1, 0.15) is 11.9 Å². The number of carbonyl (C=O) groups excluding carboxylic acids is 1. The molecule has 190 valence electrons. The highest BCUT2D eigenvalue weighted by atomic mass is 16.5. The van der Waals surface area contributed by atoms with Gasteiger partial charge in [0.25, 0.3) is 0 Å². The molecule has 1 aromatic carbocycles. The molecule has 5 aliphatic rings. The summed E-state index contributed by atoms with van der Waals surface area (Å²) in [6.07, 6.45) is 5.91. The fourth-order valence-electron chi connectivity index (χ4n) is 7.63. The standard InChI is InChI=1S/C28H33N3O5/c1-35-21-3-2-10-29-19(21)14-24(33)31-12-9-28(34)22-13-18-6-7-20(32)26-25(18)27(28,23(16-31)36-26)8-11-30(22)15-17-4-5-17/h2-3,6-7,10,17,22-23,32,34H,4-5,8-9,11-16H2,1H3/t22-,23+,27-,28-/m1/s1. The zero-order chi connectivity index (χ0) is 24.7. The Bertz CT molecular complexity index is 1230. The summed E-state index contributed by atoms with van der Waals surface area (Å²) in [5.74, 6) is 1.89. The first-order chi connectivity index (χ1) is 17.4. The third-order valence-corrected chi connectivity index (χ3v) is 9.53. The van der Waals surface area contributed by atoms with E-state index in [1.54, 1.807) is 25.4 Å². The number of rotatable bonds is 5. The summed E-state index contributed by atoms with van der Waals surface area (Å²) < 4.78 is 11.9. The molecule has 8 nitrogen and oxygen atoms in total. The van der Waals surface area contributed by atoms with E-state index in [0.717, 1.165) is 37.4 Å². The number of methoxy groups -OCH3 is 1. The smallest absolute Gasteiger partial charge is 0.228 e. The Kier molecular flexibility index (Phi) is 4.86. The van der Waals surface area contributed by atoms with Crippen molar-refractivity contribution in [3.05, 3.63) is 47.3 Å². The van der Waals surface area contributed by atoms with Crippen LogP contribution in [0.25, 0.3) is 0 Å². The van der Waals surface area contributed by atoms with Gasteiger partial charge in [-0.3, -0.25) is 14.7 Å².